The number of aliphatic hydroxyl groups excluding tert-OH is 2. The number of hydrogen-bond acceptors (Lipinski definition) is 4. The molecule has 4 rings (SSSR count). The van der Waals surface area contributed by atoms with E-state index < -0.39 is 24.2 Å². The number of allylic oxidation sites excluding steroid dienone is 3. The topological polar surface area (TPSA) is 63.9 Å². The average Bonchev–Trinajstić information content (AvgIpc) is 3.14. The third-order valence-electron chi connectivity index (χ3n) is 9.66. The summed E-state index contributed by atoms with van der Waals surface area (Å²) in [7, 11) is 0. The van der Waals surface area contributed by atoms with Crippen LogP contribution in [0.1, 0.15) is 71.6 Å². The van der Waals surface area contributed by atoms with Crippen molar-refractivity contribution in [3.63, 3.8) is 0 Å². The highest BCUT2D eigenvalue weighted by molar-refractivity contribution is 5.38. The van der Waals surface area contributed by atoms with Gasteiger partial charge >= 0.3 is 0 Å². The molecule has 4 fully saturated rings. The molecule has 0 bridgehead atoms. The van der Waals surface area contributed by atoms with Gasteiger partial charge in [-0.2, -0.15) is 0 Å². The monoisotopic (exact) mass is 479 g/mol. The molecule has 0 aromatic heterocycles. The summed E-state index contributed by atoms with van der Waals surface area (Å²) < 4.78 is 26.3. The maximum atomic E-state index is 13.1. The van der Waals surface area contributed by atoms with Crippen molar-refractivity contribution >= 4 is 0 Å². The molecular weight excluding hydrogens is 436 g/mol. The number of nitrogens with zero attached hydrogens (tertiary/aromatic N) is 1. The molecule has 1 aliphatic heterocycles. The second-order valence-electron chi connectivity index (χ2n) is 11.8. The van der Waals surface area contributed by atoms with Crippen LogP contribution in [0, 0.1) is 23.2 Å². The standard InChI is InChI=1S/C28H43F2NO3/c1-18(17-31-13-11-28(34,12-14-31)26(29)30)23-8-9-24-20(5-4-10-27(23,24)3)6-7-21-15-22(32)16-25(33)19(21)2/h6-7,18,22-26,32-34H,2,4-5,8-17H2,1,3H3/b20-6+,21-7-/t18-,22?,23-,24+,25?,27-/m1/s1. The van der Waals surface area contributed by atoms with Crippen molar-refractivity contribution in [1.82, 2.24) is 4.90 Å². The lowest BCUT2D eigenvalue weighted by Crippen LogP contribution is -2.50. The van der Waals surface area contributed by atoms with Crippen LogP contribution in [0.5, 0.6) is 0 Å². The SMILES string of the molecule is C=C1/C(=C\C=C2/CCC[C@]3(C)[C@@H]([C@H](C)CN4CCC(O)(C(F)F)CC4)CC[C@@H]23)CC(O)CC1O. The van der Waals surface area contributed by atoms with Gasteiger partial charge in [0.25, 0.3) is 6.43 Å². The van der Waals surface area contributed by atoms with E-state index in [1.165, 1.54) is 31.3 Å². The summed E-state index contributed by atoms with van der Waals surface area (Å²) in [4.78, 5) is 2.27. The predicted molar refractivity (Wildman–Crippen MR) is 131 cm³/mol. The lowest BCUT2D eigenvalue weighted by Gasteiger charge is -2.46. The third kappa shape index (κ3) is 5.07. The fraction of sp³-hybridized carbons (Fsp3) is 0.786. The molecule has 192 valence electrons. The Labute approximate surface area is 203 Å². The first-order valence-corrected chi connectivity index (χ1v) is 13.2. The highest BCUT2D eigenvalue weighted by Gasteiger charge is 2.51. The molecule has 0 amide bonds. The first-order valence-electron chi connectivity index (χ1n) is 13.2. The Morgan fingerprint density at radius 3 is 2.53 bits per heavy atom. The highest BCUT2D eigenvalue weighted by atomic mass is 19.3. The molecule has 3 saturated carbocycles. The number of halogens is 2. The maximum Gasteiger partial charge on any atom is 0.266 e. The molecule has 34 heavy (non-hydrogen) atoms. The van der Waals surface area contributed by atoms with E-state index in [1.54, 1.807) is 0 Å². The van der Waals surface area contributed by atoms with Crippen molar-refractivity contribution < 1.29 is 24.1 Å². The molecule has 0 aromatic rings. The van der Waals surface area contributed by atoms with Crippen molar-refractivity contribution in [3.8, 4) is 0 Å². The van der Waals surface area contributed by atoms with Gasteiger partial charge in [-0.15, -0.1) is 0 Å². The van der Waals surface area contributed by atoms with Crippen LogP contribution in [0.25, 0.3) is 0 Å². The summed E-state index contributed by atoms with van der Waals surface area (Å²) in [6.45, 7) is 10.8. The Morgan fingerprint density at radius 1 is 1.15 bits per heavy atom. The zero-order valence-electron chi connectivity index (χ0n) is 20.9. The van der Waals surface area contributed by atoms with Crippen molar-refractivity contribution in [2.75, 3.05) is 19.6 Å². The van der Waals surface area contributed by atoms with E-state index in [-0.39, 0.29) is 18.3 Å². The van der Waals surface area contributed by atoms with Gasteiger partial charge in [-0.3, -0.25) is 0 Å². The van der Waals surface area contributed by atoms with Crippen LogP contribution < -0.4 is 0 Å². The first-order chi connectivity index (χ1) is 16.0. The Morgan fingerprint density at radius 2 is 1.85 bits per heavy atom. The summed E-state index contributed by atoms with van der Waals surface area (Å²) in [6.07, 6.45) is 7.57. The molecule has 2 unspecified atom stereocenters. The predicted octanol–water partition coefficient (Wildman–Crippen LogP) is 4.86. The molecule has 0 radical (unpaired) electrons. The lowest BCUT2D eigenvalue weighted by atomic mass is 9.61. The summed E-state index contributed by atoms with van der Waals surface area (Å²) in [5.74, 6) is 1.62. The van der Waals surface area contributed by atoms with Crippen LogP contribution in [-0.2, 0) is 0 Å². The molecule has 4 nitrogen and oxygen atoms in total. The summed E-state index contributed by atoms with van der Waals surface area (Å²) in [5.41, 5.74) is 1.61. The second-order valence-corrected chi connectivity index (χ2v) is 11.8. The smallest absolute Gasteiger partial charge is 0.266 e. The van der Waals surface area contributed by atoms with Crippen molar-refractivity contribution in [2.45, 2.75) is 95.9 Å². The summed E-state index contributed by atoms with van der Waals surface area (Å²) in [5, 5.41) is 30.3. The van der Waals surface area contributed by atoms with Crippen LogP contribution in [0.2, 0.25) is 0 Å². The number of aliphatic hydroxyl groups is 3. The summed E-state index contributed by atoms with van der Waals surface area (Å²) >= 11 is 0. The van der Waals surface area contributed by atoms with Gasteiger partial charge in [-0.25, -0.2) is 8.78 Å². The van der Waals surface area contributed by atoms with E-state index >= 15 is 0 Å². The number of likely N-dealkylation sites (tertiary alicyclic amines) is 1. The Balaban J connectivity index is 1.42. The number of fused-ring (bicyclic) bond motifs is 1. The minimum Gasteiger partial charge on any atom is -0.393 e. The zero-order chi connectivity index (χ0) is 24.7. The zero-order valence-corrected chi connectivity index (χ0v) is 20.9. The minimum atomic E-state index is -2.67. The molecule has 6 heteroatoms. The number of rotatable bonds is 5. The minimum absolute atomic E-state index is 0.151. The number of alkyl halides is 2. The van der Waals surface area contributed by atoms with Crippen LogP contribution in [0.15, 0.2) is 35.5 Å². The van der Waals surface area contributed by atoms with Crippen LogP contribution in [-0.4, -0.2) is 64.1 Å². The lowest BCUT2D eigenvalue weighted by molar-refractivity contribution is -0.128. The maximum absolute atomic E-state index is 13.1. The molecule has 0 spiro atoms. The van der Waals surface area contributed by atoms with E-state index in [2.05, 4.69) is 37.5 Å². The molecule has 3 aliphatic carbocycles. The molecule has 1 heterocycles. The Bertz CT molecular complexity index is 816. The van der Waals surface area contributed by atoms with Gasteiger partial charge < -0.3 is 20.2 Å². The number of hydrogen-bond donors (Lipinski definition) is 3. The summed E-state index contributed by atoms with van der Waals surface area (Å²) in [6, 6.07) is 0. The van der Waals surface area contributed by atoms with Crippen LogP contribution >= 0.6 is 0 Å². The molecular formula is C28H43F2NO3. The van der Waals surface area contributed by atoms with Gasteiger partial charge in [0.15, 0.2) is 0 Å². The van der Waals surface area contributed by atoms with Gasteiger partial charge in [0.1, 0.15) is 5.60 Å². The van der Waals surface area contributed by atoms with E-state index in [9.17, 15) is 24.1 Å². The van der Waals surface area contributed by atoms with Gasteiger partial charge in [0, 0.05) is 26.1 Å². The molecule has 0 aromatic carbocycles. The largest absolute Gasteiger partial charge is 0.393 e. The fourth-order valence-electron chi connectivity index (χ4n) is 7.55. The Hall–Kier alpha value is -1.08. The van der Waals surface area contributed by atoms with Gasteiger partial charge in [0.05, 0.1) is 12.2 Å². The number of piperidine rings is 1. The van der Waals surface area contributed by atoms with Gasteiger partial charge in [-0.05, 0) is 85.7 Å². The quantitative estimate of drug-likeness (QED) is 0.527. The third-order valence-corrected chi connectivity index (χ3v) is 9.66. The van der Waals surface area contributed by atoms with E-state index in [4.69, 9.17) is 0 Å². The van der Waals surface area contributed by atoms with Gasteiger partial charge in [0.2, 0.25) is 0 Å². The molecule has 6 atom stereocenters. The molecule has 4 aliphatic rings. The van der Waals surface area contributed by atoms with Crippen molar-refractivity contribution in [3.05, 3.63) is 35.5 Å². The van der Waals surface area contributed by atoms with E-state index in [0.717, 1.165) is 24.1 Å². The highest BCUT2D eigenvalue weighted by Crippen LogP contribution is 2.59. The fourth-order valence-corrected chi connectivity index (χ4v) is 7.55. The van der Waals surface area contributed by atoms with Crippen LogP contribution in [0.4, 0.5) is 8.78 Å². The average molecular weight is 480 g/mol. The van der Waals surface area contributed by atoms with E-state index in [0.29, 0.717) is 43.7 Å². The first kappa shape index (κ1) is 26.0. The van der Waals surface area contributed by atoms with Crippen molar-refractivity contribution in [1.29, 1.82) is 0 Å². The second kappa shape index (κ2) is 10.1. The molecule has 1 saturated heterocycles. The van der Waals surface area contributed by atoms with Gasteiger partial charge in [-0.1, -0.05) is 38.2 Å². The van der Waals surface area contributed by atoms with Crippen LogP contribution in [0.3, 0.4) is 0 Å². The normalized spacial score (nSPS) is 40.2. The van der Waals surface area contributed by atoms with Crippen molar-refractivity contribution in [2.24, 2.45) is 23.2 Å². The van der Waals surface area contributed by atoms with E-state index in [1.807, 2.05) is 0 Å². The molecule has 3 N–H and O–H groups in total. The Kier molecular flexibility index (Phi) is 7.74.